The van der Waals surface area contributed by atoms with E-state index in [-0.39, 0.29) is 90.6 Å². The number of piperidine rings is 1. The normalized spacial score (nSPS) is 23.9. The van der Waals surface area contributed by atoms with Crippen LogP contribution in [0.25, 0.3) is 0 Å². The molecule has 0 saturated carbocycles. The Bertz CT molecular complexity index is 1960. The third-order valence-corrected chi connectivity index (χ3v) is 13.0. The minimum atomic E-state index is -1.68. The van der Waals surface area contributed by atoms with E-state index in [0.29, 0.717) is 12.3 Å². The van der Waals surface area contributed by atoms with E-state index in [1.165, 1.54) is 13.8 Å². The van der Waals surface area contributed by atoms with Gasteiger partial charge in [0.1, 0.15) is 54.4 Å². The van der Waals surface area contributed by atoms with Crippen molar-refractivity contribution in [3.63, 3.8) is 0 Å². The zero-order valence-electron chi connectivity index (χ0n) is 44.3. The Labute approximate surface area is 443 Å². The van der Waals surface area contributed by atoms with Gasteiger partial charge >= 0.3 is 6.03 Å². The van der Waals surface area contributed by atoms with Crippen LogP contribution in [0.1, 0.15) is 111 Å². The number of carbonyl (C=O) groups excluding carboxylic acids is 11. The molecule has 76 heavy (non-hydrogen) atoms. The maximum absolute atomic E-state index is 14.2. The molecule has 12 amide bonds. The number of amides is 12. The summed E-state index contributed by atoms with van der Waals surface area (Å²) in [6.07, 6.45) is -0.571. The molecule has 0 radical (unpaired) electrons. The van der Waals surface area contributed by atoms with Gasteiger partial charge in [0.2, 0.25) is 53.2 Å². The van der Waals surface area contributed by atoms with Crippen LogP contribution in [0.4, 0.5) is 4.79 Å². The molecule has 2 aliphatic heterocycles. The topological polar surface area (TPSA) is 482 Å². The van der Waals surface area contributed by atoms with E-state index in [2.05, 4.69) is 67.0 Å². The Morgan fingerprint density at radius 1 is 0.632 bits per heavy atom. The third-order valence-electron chi connectivity index (χ3n) is 13.0. The van der Waals surface area contributed by atoms with Crippen LogP contribution in [-0.2, 0) is 47.9 Å². The largest absolute Gasteiger partial charge is 0.391 e. The van der Waals surface area contributed by atoms with Gasteiger partial charge in [-0.3, -0.25) is 52.8 Å². The molecule has 22 N–H and O–H groups in total. The molecule has 2 rings (SSSR count). The molecule has 29 heteroatoms. The fourth-order valence-corrected chi connectivity index (χ4v) is 8.25. The second-order valence-electron chi connectivity index (χ2n) is 19.2. The number of fused-ring (bicyclic) bond motifs is 2. The predicted molar refractivity (Wildman–Crippen MR) is 276 cm³/mol. The summed E-state index contributed by atoms with van der Waals surface area (Å²) in [5.41, 5.74) is 28.9. The summed E-state index contributed by atoms with van der Waals surface area (Å²) in [5.74, 6) is -8.40. The highest BCUT2D eigenvalue weighted by molar-refractivity contribution is 6.02. The number of hydrogen-bond donors (Lipinski definition) is 17. The highest BCUT2D eigenvalue weighted by atomic mass is 16.3. The number of urea groups is 1. The van der Waals surface area contributed by atoms with Crippen LogP contribution in [0.2, 0.25) is 0 Å². The third kappa shape index (κ3) is 21.9. The summed E-state index contributed by atoms with van der Waals surface area (Å²) < 4.78 is 0. The molecule has 1 unspecified atom stereocenters. The Morgan fingerprint density at radius 2 is 1.18 bits per heavy atom. The van der Waals surface area contributed by atoms with E-state index in [1.807, 2.05) is 0 Å². The number of carbonyl (C=O) groups is 11. The van der Waals surface area contributed by atoms with Gasteiger partial charge in [-0.05, 0) is 110 Å². The number of hydrogen-bond acceptors (Lipinski definition) is 18. The molecule has 2 heterocycles. The van der Waals surface area contributed by atoms with Crippen molar-refractivity contribution in [1.29, 1.82) is 0 Å². The van der Waals surface area contributed by atoms with Crippen molar-refractivity contribution >= 4 is 65.1 Å². The van der Waals surface area contributed by atoms with Gasteiger partial charge in [0.15, 0.2) is 0 Å². The van der Waals surface area contributed by atoms with Gasteiger partial charge < -0.3 is 92.0 Å². The van der Waals surface area contributed by atoms with Crippen molar-refractivity contribution in [3.8, 4) is 0 Å². The van der Waals surface area contributed by atoms with Crippen LogP contribution in [0, 0.1) is 5.92 Å². The van der Waals surface area contributed by atoms with Crippen molar-refractivity contribution in [1.82, 2.24) is 58.1 Å². The van der Waals surface area contributed by atoms with Crippen molar-refractivity contribution in [2.24, 2.45) is 34.6 Å². The van der Waals surface area contributed by atoms with Crippen LogP contribution < -0.4 is 81.8 Å². The second-order valence-corrected chi connectivity index (χ2v) is 19.2. The first-order chi connectivity index (χ1) is 36.1. The number of rotatable bonds is 25. The summed E-state index contributed by atoms with van der Waals surface area (Å²) >= 11 is 0. The molecule has 2 fully saturated rings. The van der Waals surface area contributed by atoms with Gasteiger partial charge in [0.25, 0.3) is 5.91 Å². The molecule has 432 valence electrons. The molecule has 0 aliphatic carbocycles. The van der Waals surface area contributed by atoms with Crippen molar-refractivity contribution in [3.05, 3.63) is 0 Å². The molecule has 0 aromatic rings. The van der Waals surface area contributed by atoms with Gasteiger partial charge in [-0.1, -0.05) is 33.1 Å². The average Bonchev–Trinajstić information content (AvgIpc) is 3.36. The first-order valence-electron chi connectivity index (χ1n) is 26.2. The molecule has 2 aliphatic rings. The summed E-state index contributed by atoms with van der Waals surface area (Å²) in [4.78, 5) is 151. The average molecular weight is 1080 g/mol. The zero-order chi connectivity index (χ0) is 57.1. The predicted octanol–water partition coefficient (Wildman–Crippen LogP) is -6.80. The minimum absolute atomic E-state index is 0.00985. The van der Waals surface area contributed by atoms with E-state index in [4.69, 9.17) is 28.7 Å². The first kappa shape index (κ1) is 66.0. The maximum atomic E-state index is 14.2. The molecule has 12 atom stereocenters. The van der Waals surface area contributed by atoms with Crippen molar-refractivity contribution in [2.75, 3.05) is 45.8 Å². The molecule has 0 aromatic heterocycles. The summed E-state index contributed by atoms with van der Waals surface area (Å²) in [6, 6.07) is -14.2. The van der Waals surface area contributed by atoms with E-state index < -0.39 is 145 Å². The minimum Gasteiger partial charge on any atom is -0.391 e. The van der Waals surface area contributed by atoms with Crippen LogP contribution in [0.3, 0.4) is 0 Å². The lowest BCUT2D eigenvalue weighted by Crippen LogP contribution is -2.63. The Hall–Kier alpha value is -6.11. The molecule has 2 saturated heterocycles. The van der Waals surface area contributed by atoms with Gasteiger partial charge in [-0.25, -0.2) is 4.79 Å². The standard InChI is InChI=1S/C47H86N16O13/c1-5-25(2)9-6-7-11-35(66)54-28(12-18-48)42(71)62-37(27(4)65)45(74)58-30(14-20-50)38(67)57-33-17-23-53-44(73)36(26(3)64)61-43(72)31(15-21-51)56-40(69)32(16-22-52)60-47(76)63-24-8-10-34(46(63)75)59-39(68)29(13-19-49)55-41(33)70/h25-34,36-37,64-65H,5-24,48-52H2,1-4H3,(H,53,73)(H,54,66)(H,55,70)(H,56,69)(H,57,67)(H,58,74)(H,59,68)(H,60,76)(H,61,72)(H,62,71)/t25?,26-,27-,28+,29+,30+,31+,32+,33+,34-,36+,37+/m1/s1. The fraction of sp³-hybridized carbons (Fsp3) is 0.766. The highest BCUT2D eigenvalue weighted by Crippen LogP contribution is 2.15. The lowest BCUT2D eigenvalue weighted by Gasteiger charge is -2.33. The fourth-order valence-electron chi connectivity index (χ4n) is 8.25. The second kappa shape index (κ2) is 34.5. The van der Waals surface area contributed by atoms with Gasteiger partial charge in [0, 0.05) is 19.5 Å². The summed E-state index contributed by atoms with van der Waals surface area (Å²) in [6.45, 7) is 5.38. The van der Waals surface area contributed by atoms with E-state index in [0.717, 1.165) is 24.2 Å². The summed E-state index contributed by atoms with van der Waals surface area (Å²) in [7, 11) is 0. The van der Waals surface area contributed by atoms with Crippen LogP contribution in [-0.4, -0.2) is 193 Å². The monoisotopic (exact) mass is 1080 g/mol. The maximum Gasteiger partial charge on any atom is 0.324 e. The molecule has 0 spiro atoms. The number of nitrogens with zero attached hydrogens (tertiary/aromatic N) is 1. The Kier molecular flexibility index (Phi) is 30.0. The molecule has 2 bridgehead atoms. The van der Waals surface area contributed by atoms with Crippen LogP contribution in [0.15, 0.2) is 0 Å². The SMILES string of the molecule is CCC(C)CCCCC(=O)N[C@@H](CCN)C(=O)N[C@H](C(=O)N[C@@H](CCN)C(=O)N[C@H]1CCNC(=O)[C@H]([C@@H](C)O)NC(=O)[C@H](CCN)NC(=O)[C@H](CCN)NC(=O)N2CCC[C@@H](NC(=O)[C@H](CCN)NC1=O)C2=O)[C@@H](C)O. The number of imide groups is 1. The number of nitrogens with one attached hydrogen (secondary N) is 10. The Balaban J connectivity index is 2.50. The van der Waals surface area contributed by atoms with Crippen molar-refractivity contribution in [2.45, 2.75) is 178 Å². The first-order valence-corrected chi connectivity index (χ1v) is 26.2. The van der Waals surface area contributed by atoms with E-state index in [1.54, 1.807) is 0 Å². The van der Waals surface area contributed by atoms with Crippen LogP contribution >= 0.6 is 0 Å². The lowest BCUT2D eigenvalue weighted by atomic mass is 10.0. The van der Waals surface area contributed by atoms with E-state index in [9.17, 15) is 63.0 Å². The number of unbranched alkanes of at least 4 members (excludes halogenated alkanes) is 1. The Morgan fingerprint density at radius 3 is 1.74 bits per heavy atom. The lowest BCUT2D eigenvalue weighted by molar-refractivity contribution is -0.138. The van der Waals surface area contributed by atoms with Gasteiger partial charge in [-0.2, -0.15) is 0 Å². The van der Waals surface area contributed by atoms with E-state index >= 15 is 0 Å². The molecule has 0 aromatic carbocycles. The molecular formula is C47H86N16O13. The summed E-state index contributed by atoms with van der Waals surface area (Å²) in [5, 5.41) is 46.2. The van der Waals surface area contributed by atoms with Crippen LogP contribution in [0.5, 0.6) is 0 Å². The number of aliphatic hydroxyl groups is 2. The smallest absolute Gasteiger partial charge is 0.324 e. The number of aliphatic hydroxyl groups excluding tert-OH is 2. The zero-order valence-corrected chi connectivity index (χ0v) is 44.3. The molecule has 29 nitrogen and oxygen atoms in total. The molecular weight excluding hydrogens is 997 g/mol. The van der Waals surface area contributed by atoms with Crippen molar-refractivity contribution < 1.29 is 63.0 Å². The van der Waals surface area contributed by atoms with Gasteiger partial charge in [-0.15, -0.1) is 0 Å². The van der Waals surface area contributed by atoms with Gasteiger partial charge in [0.05, 0.1) is 12.2 Å². The highest BCUT2D eigenvalue weighted by Gasteiger charge is 2.39. The quantitative estimate of drug-likeness (QED) is 0.0378. The number of nitrogens with two attached hydrogens (primary N) is 5.